The van der Waals surface area contributed by atoms with Crippen LogP contribution in [0.25, 0.3) is 0 Å². The molecule has 9 heteroatoms. The third kappa shape index (κ3) is 24.2. The topological polar surface area (TPSA) is 82.2 Å². The van der Waals surface area contributed by atoms with Crippen molar-refractivity contribution in [1.29, 1.82) is 0 Å². The molecule has 0 aromatic heterocycles. The first-order chi connectivity index (χ1) is 9.67. The van der Waals surface area contributed by atoms with Gasteiger partial charge in [-0.25, -0.2) is 28.4 Å². The van der Waals surface area contributed by atoms with E-state index in [1.807, 2.05) is 0 Å². The molecule has 0 spiro atoms. The predicted octanol–water partition coefficient (Wildman–Crippen LogP) is 0.345. The van der Waals surface area contributed by atoms with E-state index in [9.17, 15) is 0 Å². The number of hydrogen-bond acceptors (Lipinski definition) is 7. The fraction of sp³-hybridized carbons (Fsp3) is 0.692. The van der Waals surface area contributed by atoms with Crippen molar-refractivity contribution in [2.75, 3.05) is 39.6 Å². The quantitative estimate of drug-likeness (QED) is 0.405. The second-order valence-electron chi connectivity index (χ2n) is 4.05. The van der Waals surface area contributed by atoms with Crippen molar-refractivity contribution >= 4 is 0 Å². The average Bonchev–Trinajstić information content (AvgIpc) is 3.27. The van der Waals surface area contributed by atoms with Crippen LogP contribution in [0, 0.1) is 28.4 Å². The zero-order valence-electron chi connectivity index (χ0n) is 12.9. The van der Waals surface area contributed by atoms with Crippen LogP contribution in [0.3, 0.4) is 0 Å². The van der Waals surface area contributed by atoms with Crippen molar-refractivity contribution in [2.45, 2.75) is 18.3 Å². The van der Waals surface area contributed by atoms with Gasteiger partial charge in [0.15, 0.2) is 0 Å². The van der Waals surface area contributed by atoms with Gasteiger partial charge in [-0.3, -0.25) is 0 Å². The zero-order chi connectivity index (χ0) is 15.2. The first-order valence-electron chi connectivity index (χ1n) is 6.07. The Balaban J connectivity index is -0.000000237. The molecule has 2 atom stereocenters. The van der Waals surface area contributed by atoms with Crippen LogP contribution >= 0.6 is 0 Å². The first-order valence-corrected chi connectivity index (χ1v) is 6.07. The van der Waals surface area contributed by atoms with Crippen molar-refractivity contribution in [2.24, 2.45) is 0 Å². The monoisotopic (exact) mass is 470 g/mol. The molecule has 22 heavy (non-hydrogen) atoms. The third-order valence-corrected chi connectivity index (χ3v) is 2.03. The van der Waals surface area contributed by atoms with Gasteiger partial charge in [0.2, 0.25) is 0 Å². The van der Waals surface area contributed by atoms with E-state index in [4.69, 9.17) is 14.6 Å². The van der Waals surface area contributed by atoms with E-state index in [1.54, 1.807) is 0 Å². The largest absolute Gasteiger partial charge is 0.553 e. The summed E-state index contributed by atoms with van der Waals surface area (Å²) in [5, 5.41) is 8.72. The summed E-state index contributed by atoms with van der Waals surface area (Å²) in [6.07, 6.45) is 0.120. The molecule has 7 nitrogen and oxygen atoms in total. The molecule has 0 aliphatic carbocycles. The number of hydrogen-bond donors (Lipinski definition) is 1. The van der Waals surface area contributed by atoms with Gasteiger partial charge in [-0.2, -0.15) is 0 Å². The van der Waals surface area contributed by atoms with E-state index in [1.165, 1.54) is 0 Å². The Kier molecular flexibility index (Phi) is 27.4. The summed E-state index contributed by atoms with van der Waals surface area (Å²) >= 11 is 0. The summed E-state index contributed by atoms with van der Waals surface area (Å²) in [6.45, 7) is 3.40. The molecule has 0 saturated carbocycles. The van der Waals surface area contributed by atoms with Crippen LogP contribution in [0.1, 0.15) is 0 Å². The van der Waals surface area contributed by atoms with Crippen molar-refractivity contribution in [3.63, 3.8) is 0 Å². The van der Waals surface area contributed by atoms with E-state index in [-0.39, 0.29) is 78.6 Å². The Morgan fingerprint density at radius 2 is 1.14 bits per heavy atom. The molecular formula is C13H24O7Y2-4. The molecule has 2 aliphatic heterocycles. The summed E-state index contributed by atoms with van der Waals surface area (Å²) in [6, 6.07) is 0. The van der Waals surface area contributed by atoms with Crippen LogP contribution in [0.5, 0.6) is 0 Å². The Bertz CT molecular complexity index is 185. The number of epoxide rings is 2. The Hall–Kier alpha value is 1.93. The molecule has 2 saturated heterocycles. The van der Waals surface area contributed by atoms with Gasteiger partial charge in [0.1, 0.15) is 12.2 Å². The molecule has 128 valence electrons. The van der Waals surface area contributed by atoms with E-state index in [2.05, 4.69) is 47.4 Å². The minimum absolute atomic E-state index is 0. The van der Waals surface area contributed by atoms with Crippen LogP contribution in [-0.2, 0) is 93.8 Å². The predicted molar refractivity (Wildman–Crippen MR) is 70.7 cm³/mol. The molecule has 0 aromatic carbocycles. The van der Waals surface area contributed by atoms with Crippen molar-refractivity contribution in [3.05, 3.63) is 28.4 Å². The maximum absolute atomic E-state index is 8.72. The van der Waals surface area contributed by atoms with Gasteiger partial charge in [0.25, 0.3) is 0 Å². The molecular weight excluding hydrogens is 446 g/mol. The number of aliphatic hydroxyl groups is 1. The third-order valence-electron chi connectivity index (χ3n) is 2.03. The second-order valence-corrected chi connectivity index (χ2v) is 4.05. The second kappa shape index (κ2) is 21.0. The minimum Gasteiger partial charge on any atom is -0.553 e. The summed E-state index contributed by atoms with van der Waals surface area (Å²) in [4.78, 5) is 0. The average molecular weight is 470 g/mol. The van der Waals surface area contributed by atoms with E-state index in [0.29, 0.717) is 25.4 Å². The van der Waals surface area contributed by atoms with Gasteiger partial charge in [-0.15, -0.1) is 0 Å². The molecule has 2 radical (unpaired) electrons. The van der Waals surface area contributed by atoms with Crippen LogP contribution < -0.4 is 0 Å². The van der Waals surface area contributed by atoms with Crippen molar-refractivity contribution < 1.29 is 98.9 Å². The van der Waals surface area contributed by atoms with Crippen LogP contribution in [0.15, 0.2) is 0 Å². The molecule has 2 fully saturated rings. The maximum atomic E-state index is 8.72. The minimum atomic E-state index is -0.606. The zero-order valence-corrected chi connectivity index (χ0v) is 18.5. The number of aliphatic hydroxyl groups excluding tert-OH is 1. The smallest absolute Gasteiger partial charge is 0.101 e. The molecule has 1 N–H and O–H groups in total. The normalized spacial score (nSPS) is 20.5. The summed E-state index contributed by atoms with van der Waals surface area (Å²) in [5.41, 5.74) is 0. The molecule has 2 heterocycles. The first kappa shape index (κ1) is 28.7. The van der Waals surface area contributed by atoms with Gasteiger partial charge in [-0.1, -0.05) is 0 Å². The van der Waals surface area contributed by atoms with Crippen LogP contribution in [-0.4, -0.2) is 63.1 Å². The molecule has 2 aliphatic rings. The van der Waals surface area contributed by atoms with Gasteiger partial charge in [0, 0.05) is 91.8 Å². The fourth-order valence-corrected chi connectivity index (χ4v) is 0.912. The number of rotatable bonds is 8. The van der Waals surface area contributed by atoms with Gasteiger partial charge < -0.3 is 33.5 Å². The summed E-state index contributed by atoms with van der Waals surface area (Å²) in [7, 11) is 12.5. The standard InChI is InChI=1S/C5H10O3.2C4H7O2.2Y/c1-7-3-5(6)4-8-2;2*1-5-2-4-3-6-4;;/h5-6H,1-4H2;2*4H,1-3H2;;/q-2;2*-1;;. The molecule has 2 rings (SSSR count). The molecule has 0 bridgehead atoms. The van der Waals surface area contributed by atoms with Crippen LogP contribution in [0.2, 0.25) is 0 Å². The fourth-order valence-electron chi connectivity index (χ4n) is 0.912. The Morgan fingerprint density at radius 3 is 1.27 bits per heavy atom. The van der Waals surface area contributed by atoms with E-state index < -0.39 is 6.10 Å². The van der Waals surface area contributed by atoms with Crippen molar-refractivity contribution in [3.8, 4) is 0 Å². The van der Waals surface area contributed by atoms with E-state index in [0.717, 1.165) is 13.2 Å². The van der Waals surface area contributed by atoms with Gasteiger partial charge >= 0.3 is 0 Å². The summed E-state index contributed by atoms with van der Waals surface area (Å²) in [5.74, 6) is 0. The van der Waals surface area contributed by atoms with Gasteiger partial charge in [-0.05, 0) is 0 Å². The molecule has 2 unspecified atom stereocenters. The summed E-state index contributed by atoms with van der Waals surface area (Å²) < 4.78 is 27.2. The number of ether oxygens (including phenoxy) is 6. The van der Waals surface area contributed by atoms with Crippen LogP contribution in [0.4, 0.5) is 0 Å². The molecule has 0 amide bonds. The van der Waals surface area contributed by atoms with Gasteiger partial charge in [0.05, 0.1) is 19.3 Å². The Morgan fingerprint density at radius 1 is 0.818 bits per heavy atom. The Labute approximate surface area is 183 Å². The maximum Gasteiger partial charge on any atom is 0.101 e. The van der Waals surface area contributed by atoms with Crippen molar-refractivity contribution in [1.82, 2.24) is 0 Å². The van der Waals surface area contributed by atoms with E-state index >= 15 is 0 Å². The molecule has 0 aromatic rings. The SMILES string of the molecule is [CH2-]OCC(O)CO[CH2-].[CH2-]OCC1CO1.[CH2-]OCC1CO1.[Y].[Y].